The normalized spacial score (nSPS) is 17.4. The Morgan fingerprint density at radius 1 is 1.08 bits per heavy atom. The second kappa shape index (κ2) is 10.4. The Morgan fingerprint density at radius 2 is 1.84 bits per heavy atom. The van der Waals surface area contributed by atoms with Crippen molar-refractivity contribution in [2.45, 2.75) is 38.0 Å². The fourth-order valence-corrected chi connectivity index (χ4v) is 5.70. The second-order valence-corrected chi connectivity index (χ2v) is 11.4. The summed E-state index contributed by atoms with van der Waals surface area (Å²) in [5.74, 6) is 1.78. The highest BCUT2D eigenvalue weighted by Gasteiger charge is 2.37. The summed E-state index contributed by atoms with van der Waals surface area (Å²) < 4.78 is 5.00. The topological polar surface area (TPSA) is 57.5 Å². The predicted octanol–water partition coefficient (Wildman–Crippen LogP) is 6.38. The van der Waals surface area contributed by atoms with E-state index in [0.29, 0.717) is 6.54 Å². The Hall–Kier alpha value is -3.58. The van der Waals surface area contributed by atoms with Crippen LogP contribution in [0.4, 0.5) is 10.5 Å². The standard InChI is InChI=1S/C30H32N4O2S/c1-30(2)27(32-33(3)29(35)37-30)24-14-17-26-23(19-24)11-8-18-34(26)28(22-12-15-25(36-4)16-13-22)31-20-21-9-6-5-7-10-21/h5-7,9-10,12-17,19H,8,11,18,20H2,1-4H3. The number of anilines is 1. The van der Waals surface area contributed by atoms with Crippen molar-refractivity contribution in [3.8, 4) is 5.75 Å². The van der Waals surface area contributed by atoms with Crippen molar-refractivity contribution in [2.24, 2.45) is 10.1 Å². The molecular weight excluding hydrogens is 480 g/mol. The minimum absolute atomic E-state index is 0.0309. The van der Waals surface area contributed by atoms with Crippen LogP contribution in [0.3, 0.4) is 0 Å². The number of aryl methyl sites for hydroxylation is 1. The first-order valence-electron chi connectivity index (χ1n) is 12.5. The molecule has 2 heterocycles. The number of rotatable bonds is 5. The van der Waals surface area contributed by atoms with Crippen LogP contribution >= 0.6 is 11.8 Å². The van der Waals surface area contributed by atoms with Crippen molar-refractivity contribution in [3.63, 3.8) is 0 Å². The summed E-state index contributed by atoms with van der Waals surface area (Å²) >= 11 is 1.32. The molecule has 1 amide bonds. The molecule has 0 spiro atoms. The van der Waals surface area contributed by atoms with Crippen LogP contribution < -0.4 is 9.64 Å². The van der Waals surface area contributed by atoms with Crippen LogP contribution in [0, 0.1) is 0 Å². The van der Waals surface area contributed by atoms with Crippen LogP contribution in [0.15, 0.2) is 82.9 Å². The molecule has 0 unspecified atom stereocenters. The maximum Gasteiger partial charge on any atom is 0.302 e. The van der Waals surface area contributed by atoms with Crippen molar-refractivity contribution in [3.05, 3.63) is 95.1 Å². The van der Waals surface area contributed by atoms with Gasteiger partial charge in [-0.3, -0.25) is 9.79 Å². The molecule has 0 saturated heterocycles. The number of amidine groups is 1. The Morgan fingerprint density at radius 3 is 2.57 bits per heavy atom. The molecule has 7 heteroatoms. The first-order chi connectivity index (χ1) is 17.9. The van der Waals surface area contributed by atoms with Crippen LogP contribution in [-0.4, -0.2) is 47.2 Å². The molecule has 0 radical (unpaired) electrons. The van der Waals surface area contributed by atoms with E-state index in [1.165, 1.54) is 33.6 Å². The van der Waals surface area contributed by atoms with Crippen LogP contribution in [-0.2, 0) is 13.0 Å². The number of carbonyl (C=O) groups is 1. The Labute approximate surface area is 223 Å². The molecule has 6 nitrogen and oxygen atoms in total. The molecule has 190 valence electrons. The molecule has 2 aliphatic rings. The average molecular weight is 513 g/mol. The maximum absolute atomic E-state index is 12.2. The van der Waals surface area contributed by atoms with Gasteiger partial charge >= 0.3 is 5.24 Å². The molecule has 3 aromatic rings. The van der Waals surface area contributed by atoms with Crippen molar-refractivity contribution >= 4 is 34.2 Å². The van der Waals surface area contributed by atoms with Crippen LogP contribution in [0.25, 0.3) is 0 Å². The van der Waals surface area contributed by atoms with E-state index in [-0.39, 0.29) is 5.24 Å². The number of amides is 1. The van der Waals surface area contributed by atoms with Gasteiger partial charge in [0.1, 0.15) is 11.6 Å². The monoisotopic (exact) mass is 512 g/mol. The number of hydrazone groups is 1. The highest BCUT2D eigenvalue weighted by Crippen LogP contribution is 2.37. The zero-order chi connectivity index (χ0) is 26.0. The smallest absolute Gasteiger partial charge is 0.302 e. The summed E-state index contributed by atoms with van der Waals surface area (Å²) in [6.07, 6.45) is 2.02. The summed E-state index contributed by atoms with van der Waals surface area (Å²) in [5.41, 5.74) is 6.66. The number of hydrogen-bond donors (Lipinski definition) is 0. The number of ether oxygens (including phenoxy) is 1. The fraction of sp³-hybridized carbons (Fsp3) is 0.300. The third-order valence-electron chi connectivity index (χ3n) is 6.76. The molecular formula is C30H32N4O2S. The van der Waals surface area contributed by atoms with Gasteiger partial charge in [0.2, 0.25) is 0 Å². The van der Waals surface area contributed by atoms with Crippen LogP contribution in [0.1, 0.15) is 42.5 Å². The van der Waals surface area contributed by atoms with Crippen LogP contribution in [0.5, 0.6) is 5.75 Å². The number of hydrogen-bond acceptors (Lipinski definition) is 5. The molecule has 0 aromatic heterocycles. The van der Waals surface area contributed by atoms with E-state index in [0.717, 1.165) is 47.8 Å². The maximum atomic E-state index is 12.2. The van der Waals surface area contributed by atoms with Crippen molar-refractivity contribution < 1.29 is 9.53 Å². The number of thioether (sulfide) groups is 1. The number of nitrogens with zero attached hydrogens (tertiary/aromatic N) is 4. The lowest BCUT2D eigenvalue weighted by molar-refractivity contribution is 0.234. The quantitative estimate of drug-likeness (QED) is 0.294. The molecule has 3 aromatic carbocycles. The van der Waals surface area contributed by atoms with E-state index in [9.17, 15) is 4.79 Å². The predicted molar refractivity (Wildman–Crippen MR) is 153 cm³/mol. The van der Waals surface area contributed by atoms with Gasteiger partial charge < -0.3 is 9.64 Å². The fourth-order valence-electron chi connectivity index (χ4n) is 4.84. The second-order valence-electron chi connectivity index (χ2n) is 9.80. The SMILES string of the molecule is COc1ccc(C(=NCc2ccccc2)N2CCCc3cc(C4=NN(C)C(=O)SC4(C)C)ccc32)cc1. The Bertz CT molecular complexity index is 1350. The first-order valence-corrected chi connectivity index (χ1v) is 13.4. The van der Waals surface area contributed by atoms with Crippen molar-refractivity contribution in [1.29, 1.82) is 0 Å². The van der Waals surface area contributed by atoms with E-state index in [4.69, 9.17) is 9.73 Å². The van der Waals surface area contributed by atoms with Gasteiger partial charge in [-0.05, 0) is 79.8 Å². The average Bonchev–Trinajstić information content (AvgIpc) is 2.91. The summed E-state index contributed by atoms with van der Waals surface area (Å²) in [4.78, 5) is 19.7. The van der Waals surface area contributed by atoms with E-state index < -0.39 is 4.75 Å². The molecule has 0 aliphatic carbocycles. The third-order valence-corrected chi connectivity index (χ3v) is 7.90. The van der Waals surface area contributed by atoms with Crippen LogP contribution in [0.2, 0.25) is 0 Å². The highest BCUT2D eigenvalue weighted by molar-refractivity contribution is 8.15. The molecule has 0 N–H and O–H groups in total. The summed E-state index contributed by atoms with van der Waals surface area (Å²) in [5, 5.41) is 6.06. The number of fused-ring (bicyclic) bond motifs is 1. The number of aliphatic imine (C=N–C) groups is 1. The molecule has 0 bridgehead atoms. The van der Waals surface area contributed by atoms with Gasteiger partial charge in [0.25, 0.3) is 0 Å². The zero-order valence-electron chi connectivity index (χ0n) is 21.8. The van der Waals surface area contributed by atoms with Gasteiger partial charge in [-0.15, -0.1) is 0 Å². The molecule has 2 aliphatic heterocycles. The minimum Gasteiger partial charge on any atom is -0.497 e. The molecule has 0 atom stereocenters. The van der Waals surface area contributed by atoms with E-state index in [1.807, 2.05) is 30.3 Å². The first kappa shape index (κ1) is 25.1. The largest absolute Gasteiger partial charge is 0.497 e. The Balaban J connectivity index is 1.54. The van der Waals surface area contributed by atoms with E-state index >= 15 is 0 Å². The van der Waals surface area contributed by atoms with E-state index in [2.05, 4.69) is 66.3 Å². The lowest BCUT2D eigenvalue weighted by Gasteiger charge is -2.35. The van der Waals surface area contributed by atoms with Crippen molar-refractivity contribution in [2.75, 3.05) is 25.6 Å². The lowest BCUT2D eigenvalue weighted by atomic mass is 9.93. The molecule has 37 heavy (non-hydrogen) atoms. The molecule has 5 rings (SSSR count). The summed E-state index contributed by atoms with van der Waals surface area (Å²) in [7, 11) is 3.40. The van der Waals surface area contributed by atoms with Gasteiger partial charge in [0.15, 0.2) is 0 Å². The van der Waals surface area contributed by atoms with Gasteiger partial charge in [-0.1, -0.05) is 48.2 Å². The van der Waals surface area contributed by atoms with Gasteiger partial charge in [0, 0.05) is 24.8 Å². The van der Waals surface area contributed by atoms with E-state index in [1.54, 1.807) is 14.2 Å². The molecule has 0 fully saturated rings. The van der Waals surface area contributed by atoms with Crippen molar-refractivity contribution in [1.82, 2.24) is 5.01 Å². The number of carbonyl (C=O) groups excluding carboxylic acids is 1. The minimum atomic E-state index is -0.391. The lowest BCUT2D eigenvalue weighted by Crippen LogP contribution is -2.40. The third kappa shape index (κ3) is 5.27. The number of benzene rings is 3. The zero-order valence-corrected chi connectivity index (χ0v) is 22.6. The number of methoxy groups -OCH3 is 1. The Kier molecular flexibility index (Phi) is 7.07. The molecule has 0 saturated carbocycles. The van der Waals surface area contributed by atoms with Gasteiger partial charge in [0.05, 0.1) is 24.1 Å². The highest BCUT2D eigenvalue weighted by atomic mass is 32.2. The summed E-state index contributed by atoms with van der Waals surface area (Å²) in [6.45, 7) is 5.62. The summed E-state index contributed by atoms with van der Waals surface area (Å²) in [6, 6.07) is 25.0. The van der Waals surface area contributed by atoms with Gasteiger partial charge in [-0.2, -0.15) is 5.10 Å². The van der Waals surface area contributed by atoms with Gasteiger partial charge in [-0.25, -0.2) is 5.01 Å².